The molecule has 4 aliphatic carbocycles. The van der Waals surface area contributed by atoms with Crippen LogP contribution in [0.15, 0.2) is 30.3 Å². The van der Waals surface area contributed by atoms with E-state index in [2.05, 4.69) is 21.8 Å². The number of carbonyl (C=O) groups is 2. The Balaban J connectivity index is 1.12. The van der Waals surface area contributed by atoms with Crippen molar-refractivity contribution in [1.82, 2.24) is 20.4 Å². The van der Waals surface area contributed by atoms with Crippen molar-refractivity contribution in [1.29, 1.82) is 5.26 Å². The molecule has 1 aromatic heterocycles. The molecule has 0 spiro atoms. The quantitative estimate of drug-likeness (QED) is 0.611. The number of carbonyl (C=O) groups excluding carboxylic acids is 2. The van der Waals surface area contributed by atoms with E-state index < -0.39 is 5.97 Å². The van der Waals surface area contributed by atoms with Gasteiger partial charge in [-0.2, -0.15) is 10.4 Å². The maximum Gasteiger partial charge on any atom is 0.315 e. The number of para-hydroxylation sites is 1. The molecule has 2 N–H and O–H groups in total. The summed E-state index contributed by atoms with van der Waals surface area (Å²) in [5.74, 6) is 1.84. The van der Waals surface area contributed by atoms with E-state index in [1.807, 2.05) is 30.3 Å². The van der Waals surface area contributed by atoms with Crippen molar-refractivity contribution in [3.63, 3.8) is 0 Å². The predicted octanol–water partition coefficient (Wildman–Crippen LogP) is 3.75. The van der Waals surface area contributed by atoms with E-state index >= 15 is 0 Å². The third-order valence-electron chi connectivity index (χ3n) is 7.67. The second-order valence-corrected chi connectivity index (χ2v) is 10.3. The van der Waals surface area contributed by atoms with Crippen LogP contribution in [-0.4, -0.2) is 33.9 Å². The fraction of sp³-hybridized carbons (Fsp3) is 0.538. The number of esters is 1. The molecule has 0 saturated heterocycles. The zero-order chi connectivity index (χ0) is 23.7. The number of rotatable bonds is 7. The summed E-state index contributed by atoms with van der Waals surface area (Å²) in [6.45, 7) is 1.91. The third kappa shape index (κ3) is 4.52. The van der Waals surface area contributed by atoms with Crippen LogP contribution in [0.1, 0.15) is 61.9 Å². The van der Waals surface area contributed by atoms with Crippen LogP contribution in [-0.2, 0) is 16.1 Å². The molecule has 1 heterocycles. The van der Waals surface area contributed by atoms with Gasteiger partial charge < -0.3 is 15.4 Å². The molecule has 8 heteroatoms. The highest BCUT2D eigenvalue weighted by Crippen LogP contribution is 2.55. The first-order valence-corrected chi connectivity index (χ1v) is 12.2. The van der Waals surface area contributed by atoms with E-state index in [1.165, 1.54) is 19.3 Å². The molecule has 4 saturated carbocycles. The number of amides is 2. The molecule has 2 amide bonds. The van der Waals surface area contributed by atoms with E-state index in [-0.39, 0.29) is 31.1 Å². The molecule has 8 nitrogen and oxygen atoms in total. The minimum atomic E-state index is -0.433. The largest absolute Gasteiger partial charge is 0.459 e. The van der Waals surface area contributed by atoms with Gasteiger partial charge in [0.1, 0.15) is 18.2 Å². The van der Waals surface area contributed by atoms with Crippen LogP contribution in [0, 0.1) is 36.0 Å². The highest BCUT2D eigenvalue weighted by atomic mass is 16.5. The molecule has 0 radical (unpaired) electrons. The van der Waals surface area contributed by atoms with Gasteiger partial charge in [0.05, 0.1) is 23.5 Å². The number of aryl methyl sites for hydroxylation is 1. The summed E-state index contributed by atoms with van der Waals surface area (Å²) in [7, 11) is 0. The standard InChI is InChI=1S/C26H31N5O3/c1-17-22(15-27)23(31(30-17)21-5-3-2-4-6-21)16-34-24(32)7-8-28-25(33)29-26-12-18-9-19(13-26)11-20(10-18)14-26/h2-6,18-20H,7-14,16H2,1H3,(H2,28,29,33). The van der Waals surface area contributed by atoms with Crippen molar-refractivity contribution in [2.75, 3.05) is 6.54 Å². The molecular weight excluding hydrogens is 430 g/mol. The normalized spacial score (nSPS) is 26.6. The summed E-state index contributed by atoms with van der Waals surface area (Å²) in [5.41, 5.74) is 2.26. The number of benzene rings is 1. The molecule has 4 fully saturated rings. The maximum atomic E-state index is 12.6. The molecule has 6 rings (SSSR count). The van der Waals surface area contributed by atoms with Crippen molar-refractivity contribution in [3.8, 4) is 11.8 Å². The number of aromatic nitrogens is 2. The van der Waals surface area contributed by atoms with Gasteiger partial charge in [-0.25, -0.2) is 9.48 Å². The molecule has 1 aromatic carbocycles. The van der Waals surface area contributed by atoms with Crippen molar-refractivity contribution in [3.05, 3.63) is 47.3 Å². The van der Waals surface area contributed by atoms with Gasteiger partial charge in [-0.15, -0.1) is 0 Å². The number of nitriles is 1. The average molecular weight is 462 g/mol. The monoisotopic (exact) mass is 461 g/mol. The van der Waals surface area contributed by atoms with Crippen LogP contribution in [0.4, 0.5) is 4.79 Å². The predicted molar refractivity (Wildman–Crippen MR) is 125 cm³/mol. The second-order valence-electron chi connectivity index (χ2n) is 10.3. The molecule has 2 aromatic rings. The van der Waals surface area contributed by atoms with Crippen molar-refractivity contribution in [2.45, 2.75) is 64.0 Å². The zero-order valence-electron chi connectivity index (χ0n) is 19.5. The van der Waals surface area contributed by atoms with Crippen molar-refractivity contribution >= 4 is 12.0 Å². The maximum absolute atomic E-state index is 12.6. The van der Waals surface area contributed by atoms with Crippen LogP contribution in [0.5, 0.6) is 0 Å². The number of hydrogen-bond donors (Lipinski definition) is 2. The molecule has 34 heavy (non-hydrogen) atoms. The summed E-state index contributed by atoms with van der Waals surface area (Å²) >= 11 is 0. The molecule has 0 aliphatic heterocycles. The Morgan fingerprint density at radius 3 is 2.41 bits per heavy atom. The smallest absolute Gasteiger partial charge is 0.315 e. The third-order valence-corrected chi connectivity index (χ3v) is 7.67. The minimum Gasteiger partial charge on any atom is -0.459 e. The zero-order valence-corrected chi connectivity index (χ0v) is 19.5. The summed E-state index contributed by atoms with van der Waals surface area (Å²) in [6, 6.07) is 11.4. The molecule has 4 aliphatic rings. The number of nitrogens with one attached hydrogen (secondary N) is 2. The highest BCUT2D eigenvalue weighted by Gasteiger charge is 2.51. The van der Waals surface area contributed by atoms with Gasteiger partial charge in [0.15, 0.2) is 0 Å². The summed E-state index contributed by atoms with van der Waals surface area (Å²) in [5, 5.41) is 20.1. The van der Waals surface area contributed by atoms with Gasteiger partial charge in [-0.1, -0.05) is 18.2 Å². The summed E-state index contributed by atoms with van der Waals surface area (Å²) in [6.07, 6.45) is 7.30. The lowest BCUT2D eigenvalue weighted by Gasteiger charge is -2.56. The lowest BCUT2D eigenvalue weighted by molar-refractivity contribution is -0.144. The fourth-order valence-corrected chi connectivity index (χ4v) is 6.68. The Hall–Kier alpha value is -3.34. The van der Waals surface area contributed by atoms with Gasteiger partial charge in [-0.3, -0.25) is 4.79 Å². The Morgan fingerprint density at radius 2 is 1.79 bits per heavy atom. The van der Waals surface area contributed by atoms with E-state index in [1.54, 1.807) is 11.6 Å². The first-order chi connectivity index (χ1) is 16.4. The average Bonchev–Trinajstić information content (AvgIpc) is 3.12. The van der Waals surface area contributed by atoms with E-state index in [0.29, 0.717) is 17.0 Å². The summed E-state index contributed by atoms with van der Waals surface area (Å²) in [4.78, 5) is 24.9. The number of urea groups is 1. The second kappa shape index (κ2) is 9.13. The Kier molecular flexibility index (Phi) is 6.03. The topological polar surface area (TPSA) is 109 Å². The highest BCUT2D eigenvalue weighted by molar-refractivity contribution is 5.76. The molecule has 0 atom stereocenters. The van der Waals surface area contributed by atoms with Gasteiger partial charge in [0.25, 0.3) is 0 Å². The van der Waals surface area contributed by atoms with Crippen molar-refractivity contribution < 1.29 is 14.3 Å². The Morgan fingerprint density at radius 1 is 1.15 bits per heavy atom. The number of nitrogens with zero attached hydrogens (tertiary/aromatic N) is 3. The first kappa shape index (κ1) is 22.5. The fourth-order valence-electron chi connectivity index (χ4n) is 6.68. The van der Waals surface area contributed by atoms with Crippen molar-refractivity contribution in [2.24, 2.45) is 17.8 Å². The lowest BCUT2D eigenvalue weighted by Crippen LogP contribution is -2.61. The summed E-state index contributed by atoms with van der Waals surface area (Å²) < 4.78 is 7.08. The first-order valence-electron chi connectivity index (χ1n) is 12.2. The van der Waals surface area contributed by atoms with Crippen LogP contribution in [0.3, 0.4) is 0 Å². The molecule has 178 valence electrons. The molecule has 4 bridgehead atoms. The van der Waals surface area contributed by atoms with Gasteiger partial charge >= 0.3 is 12.0 Å². The van der Waals surface area contributed by atoms with E-state index in [4.69, 9.17) is 4.74 Å². The lowest BCUT2D eigenvalue weighted by atomic mass is 9.53. The van der Waals surface area contributed by atoms with Crippen LogP contribution in [0.2, 0.25) is 0 Å². The Labute approximate surface area is 199 Å². The number of hydrogen-bond acceptors (Lipinski definition) is 5. The minimum absolute atomic E-state index is 0.0548. The van der Waals surface area contributed by atoms with Crippen LogP contribution < -0.4 is 10.6 Å². The number of ether oxygens (including phenoxy) is 1. The Bertz CT molecular complexity index is 1080. The van der Waals surface area contributed by atoms with Crippen LogP contribution in [0.25, 0.3) is 5.69 Å². The van der Waals surface area contributed by atoms with Gasteiger partial charge in [0.2, 0.25) is 0 Å². The van der Waals surface area contributed by atoms with Gasteiger partial charge in [-0.05, 0) is 75.3 Å². The molecular formula is C26H31N5O3. The van der Waals surface area contributed by atoms with Gasteiger partial charge in [0, 0.05) is 12.1 Å². The van der Waals surface area contributed by atoms with E-state index in [9.17, 15) is 14.9 Å². The SMILES string of the molecule is Cc1nn(-c2ccccc2)c(COC(=O)CCNC(=O)NC23CC4CC(CC(C4)C2)C3)c1C#N. The van der Waals surface area contributed by atoms with E-state index in [0.717, 1.165) is 42.7 Å². The van der Waals surface area contributed by atoms with Crippen LogP contribution >= 0.6 is 0 Å². The molecule has 0 unspecified atom stereocenters.